The van der Waals surface area contributed by atoms with E-state index in [0.717, 1.165) is 43.2 Å². The molecule has 23 heavy (non-hydrogen) atoms. The Hall–Kier alpha value is -1.32. The van der Waals surface area contributed by atoms with Crippen LogP contribution in [0.15, 0.2) is 12.1 Å². The third-order valence-corrected chi connectivity index (χ3v) is 5.83. The fourth-order valence-electron chi connectivity index (χ4n) is 4.03. The van der Waals surface area contributed by atoms with Crippen LogP contribution in [-0.2, 0) is 11.2 Å². The zero-order chi connectivity index (χ0) is 16.8. The number of carboxylic acid groups (broad SMARTS) is 1. The lowest BCUT2D eigenvalue weighted by molar-refractivity contribution is -0.136. The van der Waals surface area contributed by atoms with Crippen molar-refractivity contribution >= 4 is 40.5 Å². The van der Waals surface area contributed by atoms with Crippen molar-refractivity contribution in [3.05, 3.63) is 38.9 Å². The van der Waals surface area contributed by atoms with Gasteiger partial charge in [0.25, 0.3) is 0 Å². The second-order valence-electron chi connectivity index (χ2n) is 6.33. The molecule has 122 valence electrons. The molecule has 3 nitrogen and oxygen atoms in total. The van der Waals surface area contributed by atoms with E-state index in [1.165, 1.54) is 0 Å². The summed E-state index contributed by atoms with van der Waals surface area (Å²) >= 11 is 12.7. The van der Waals surface area contributed by atoms with Crippen molar-refractivity contribution in [1.82, 2.24) is 0 Å². The first-order chi connectivity index (χ1) is 10.9. The molecule has 1 unspecified atom stereocenters. The molecular formula is C18H18Cl2O3. The summed E-state index contributed by atoms with van der Waals surface area (Å²) in [6.07, 6.45) is 6.30. The Balaban J connectivity index is 2.23. The molecule has 1 N–H and O–H groups in total. The molecule has 0 bridgehead atoms. The van der Waals surface area contributed by atoms with Gasteiger partial charge in [0.05, 0.1) is 21.9 Å². The van der Waals surface area contributed by atoms with Gasteiger partial charge in [0, 0.05) is 11.1 Å². The Morgan fingerprint density at radius 1 is 1.35 bits per heavy atom. The van der Waals surface area contributed by atoms with Crippen LogP contribution >= 0.6 is 23.2 Å². The van der Waals surface area contributed by atoms with Crippen LogP contribution in [0.25, 0.3) is 5.57 Å². The molecule has 0 spiro atoms. The molecule has 0 fully saturated rings. The Morgan fingerprint density at radius 3 is 2.74 bits per heavy atom. The number of fused-ring (bicyclic) bond motifs is 3. The van der Waals surface area contributed by atoms with Gasteiger partial charge in [-0.2, -0.15) is 0 Å². The SMILES string of the molecule is CCCC12CCCC=C1c1c(cc(CC(=O)O)c(Cl)c1Cl)C2=O. The van der Waals surface area contributed by atoms with Crippen LogP contribution in [0.2, 0.25) is 10.0 Å². The molecule has 5 heteroatoms. The van der Waals surface area contributed by atoms with Gasteiger partial charge < -0.3 is 5.11 Å². The minimum Gasteiger partial charge on any atom is -0.481 e. The molecule has 0 aliphatic heterocycles. The Bertz CT molecular complexity index is 736. The number of hydrogen-bond donors (Lipinski definition) is 1. The number of aliphatic carboxylic acids is 1. The van der Waals surface area contributed by atoms with E-state index in [4.69, 9.17) is 28.3 Å². The zero-order valence-electron chi connectivity index (χ0n) is 12.9. The number of halogens is 2. The topological polar surface area (TPSA) is 54.4 Å². The van der Waals surface area contributed by atoms with Crippen LogP contribution in [0.3, 0.4) is 0 Å². The molecule has 2 aliphatic carbocycles. The number of rotatable bonds is 4. The summed E-state index contributed by atoms with van der Waals surface area (Å²) in [4.78, 5) is 24.2. The summed E-state index contributed by atoms with van der Waals surface area (Å²) in [6.45, 7) is 2.07. The average Bonchev–Trinajstić information content (AvgIpc) is 2.75. The van der Waals surface area contributed by atoms with Crippen LogP contribution in [0, 0.1) is 5.41 Å². The summed E-state index contributed by atoms with van der Waals surface area (Å²) < 4.78 is 0. The molecule has 1 aromatic rings. The van der Waals surface area contributed by atoms with Crippen LogP contribution in [0.5, 0.6) is 0 Å². The first kappa shape index (κ1) is 16.5. The van der Waals surface area contributed by atoms with Crippen molar-refractivity contribution in [1.29, 1.82) is 0 Å². The number of carbonyl (C=O) groups is 2. The minimum absolute atomic E-state index is 0.0745. The fourth-order valence-corrected chi connectivity index (χ4v) is 4.57. The monoisotopic (exact) mass is 352 g/mol. The minimum atomic E-state index is -0.992. The maximum absolute atomic E-state index is 13.2. The maximum Gasteiger partial charge on any atom is 0.307 e. The Kier molecular flexibility index (Phi) is 4.28. The van der Waals surface area contributed by atoms with E-state index in [1.807, 2.05) is 0 Å². The van der Waals surface area contributed by atoms with Gasteiger partial charge in [-0.3, -0.25) is 9.59 Å². The van der Waals surface area contributed by atoms with E-state index >= 15 is 0 Å². The molecular weight excluding hydrogens is 335 g/mol. The average molecular weight is 353 g/mol. The number of carbonyl (C=O) groups excluding carboxylic acids is 1. The molecule has 0 radical (unpaired) electrons. The summed E-state index contributed by atoms with van der Waals surface area (Å²) in [7, 11) is 0. The van der Waals surface area contributed by atoms with Gasteiger partial charge in [-0.15, -0.1) is 0 Å². The van der Waals surface area contributed by atoms with Crippen LogP contribution in [0.4, 0.5) is 0 Å². The highest BCUT2D eigenvalue weighted by Crippen LogP contribution is 2.57. The van der Waals surface area contributed by atoms with Crippen LogP contribution in [0.1, 0.15) is 60.5 Å². The van der Waals surface area contributed by atoms with Crippen molar-refractivity contribution in [3.63, 3.8) is 0 Å². The highest BCUT2D eigenvalue weighted by molar-refractivity contribution is 6.45. The molecule has 1 aromatic carbocycles. The molecule has 0 saturated heterocycles. The van der Waals surface area contributed by atoms with Crippen molar-refractivity contribution < 1.29 is 14.7 Å². The highest BCUT2D eigenvalue weighted by atomic mass is 35.5. The second kappa shape index (κ2) is 5.95. The molecule has 0 saturated carbocycles. The number of hydrogen-bond acceptors (Lipinski definition) is 2. The van der Waals surface area contributed by atoms with E-state index in [0.29, 0.717) is 16.1 Å². The van der Waals surface area contributed by atoms with E-state index < -0.39 is 11.4 Å². The lowest BCUT2D eigenvalue weighted by atomic mass is 9.69. The van der Waals surface area contributed by atoms with E-state index in [-0.39, 0.29) is 17.2 Å². The zero-order valence-corrected chi connectivity index (χ0v) is 14.4. The van der Waals surface area contributed by atoms with Crippen LogP contribution < -0.4 is 0 Å². The maximum atomic E-state index is 13.2. The quantitative estimate of drug-likeness (QED) is 0.812. The van der Waals surface area contributed by atoms with Crippen molar-refractivity contribution in [3.8, 4) is 0 Å². The molecule has 1 atom stereocenters. The van der Waals surface area contributed by atoms with Gasteiger partial charge >= 0.3 is 5.97 Å². The van der Waals surface area contributed by atoms with E-state index in [9.17, 15) is 9.59 Å². The van der Waals surface area contributed by atoms with Crippen molar-refractivity contribution in [2.45, 2.75) is 45.4 Å². The standard InChI is InChI=1S/C18H18Cl2O3/c1-2-6-18-7-4-3-5-12(18)14-11(17(18)23)8-10(9-13(21)22)15(19)16(14)20/h5,8H,2-4,6-7,9H2,1H3,(H,21,22). The summed E-state index contributed by atoms with van der Waals surface area (Å²) in [5, 5.41) is 9.61. The van der Waals surface area contributed by atoms with Gasteiger partial charge in [-0.25, -0.2) is 0 Å². The third-order valence-electron chi connectivity index (χ3n) is 4.92. The molecule has 0 aromatic heterocycles. The highest BCUT2D eigenvalue weighted by Gasteiger charge is 2.50. The van der Waals surface area contributed by atoms with E-state index in [2.05, 4.69) is 13.0 Å². The summed E-state index contributed by atoms with van der Waals surface area (Å²) in [5.74, 6) is -0.918. The predicted octanol–water partition coefficient (Wildman–Crippen LogP) is 5.17. The second-order valence-corrected chi connectivity index (χ2v) is 7.08. The van der Waals surface area contributed by atoms with Gasteiger partial charge in [0.2, 0.25) is 0 Å². The van der Waals surface area contributed by atoms with Crippen molar-refractivity contribution in [2.75, 3.05) is 0 Å². The molecule has 0 heterocycles. The number of carboxylic acids is 1. The first-order valence-electron chi connectivity index (χ1n) is 7.91. The third kappa shape index (κ3) is 2.41. The number of benzene rings is 1. The summed E-state index contributed by atoms with van der Waals surface area (Å²) in [6, 6.07) is 1.64. The molecule has 2 aliphatic rings. The first-order valence-corrected chi connectivity index (χ1v) is 8.66. The van der Waals surface area contributed by atoms with Crippen LogP contribution in [-0.4, -0.2) is 16.9 Å². The predicted molar refractivity (Wildman–Crippen MR) is 91.3 cm³/mol. The van der Waals surface area contributed by atoms with Crippen molar-refractivity contribution in [2.24, 2.45) is 5.41 Å². The smallest absolute Gasteiger partial charge is 0.307 e. The van der Waals surface area contributed by atoms with Gasteiger partial charge in [-0.1, -0.05) is 42.6 Å². The van der Waals surface area contributed by atoms with E-state index in [1.54, 1.807) is 6.07 Å². The summed E-state index contributed by atoms with van der Waals surface area (Å²) in [5.41, 5.74) is 2.17. The molecule has 0 amide bonds. The largest absolute Gasteiger partial charge is 0.481 e. The molecule has 3 rings (SSSR count). The Morgan fingerprint density at radius 2 is 2.09 bits per heavy atom. The number of allylic oxidation sites excluding steroid dienone is 2. The normalized spacial score (nSPS) is 22.6. The number of ketones is 1. The Labute approximate surface area is 145 Å². The fraction of sp³-hybridized carbons (Fsp3) is 0.444. The van der Waals surface area contributed by atoms with Gasteiger partial charge in [0.1, 0.15) is 0 Å². The van der Waals surface area contributed by atoms with Gasteiger partial charge in [0.15, 0.2) is 5.78 Å². The van der Waals surface area contributed by atoms with Gasteiger partial charge in [-0.05, 0) is 42.9 Å². The lowest BCUT2D eigenvalue weighted by Crippen LogP contribution is -2.28. The lowest BCUT2D eigenvalue weighted by Gasteiger charge is -2.32. The number of Topliss-reactive ketones (excluding diaryl/α,β-unsaturated/α-hetero) is 1.